The molecule has 1 aromatic heterocycles. The molecule has 0 aliphatic carbocycles. The van der Waals surface area contributed by atoms with Crippen LogP contribution >= 0.6 is 0 Å². The Labute approximate surface area is 109 Å². The average Bonchev–Trinajstić information content (AvgIpc) is 2.79. The van der Waals surface area contributed by atoms with E-state index in [1.54, 1.807) is 25.1 Å². The predicted molar refractivity (Wildman–Crippen MR) is 66.7 cm³/mol. The normalized spacial score (nSPS) is 10.3. The number of carboxylic acid groups (broad SMARTS) is 1. The van der Waals surface area contributed by atoms with Crippen LogP contribution in [0.15, 0.2) is 22.7 Å². The Kier molecular flexibility index (Phi) is 3.41. The number of hydrogen-bond donors (Lipinski definition) is 1. The lowest BCUT2D eigenvalue weighted by Gasteiger charge is -2.08. The zero-order chi connectivity index (χ0) is 14.0. The molecule has 0 radical (unpaired) electrons. The highest BCUT2D eigenvalue weighted by molar-refractivity contribution is 5.95. The highest BCUT2D eigenvalue weighted by atomic mass is 16.5. The molecule has 0 unspecified atom stereocenters. The van der Waals surface area contributed by atoms with Crippen LogP contribution < -0.4 is 9.47 Å². The maximum Gasteiger partial charge on any atom is 0.341 e. The fourth-order valence-corrected chi connectivity index (χ4v) is 1.80. The molecule has 1 N–H and O–H groups in total. The van der Waals surface area contributed by atoms with Crippen molar-refractivity contribution >= 4 is 5.97 Å². The van der Waals surface area contributed by atoms with Gasteiger partial charge in [-0.25, -0.2) is 4.79 Å². The number of carboxylic acids is 1. The van der Waals surface area contributed by atoms with Crippen molar-refractivity contribution in [2.75, 3.05) is 14.2 Å². The summed E-state index contributed by atoms with van der Waals surface area (Å²) in [5.74, 6) is 0.237. The van der Waals surface area contributed by atoms with E-state index in [-0.39, 0.29) is 17.0 Å². The standard InChI is InChI=1S/C13H13NO5/c1-7-11(13(15)16)12(14-19-7)8-4-5-9(17-2)10(6-8)18-3/h4-6H,1-3H3,(H,15,16). The molecule has 19 heavy (non-hydrogen) atoms. The zero-order valence-electron chi connectivity index (χ0n) is 10.8. The number of rotatable bonds is 4. The Morgan fingerprint density at radius 3 is 2.53 bits per heavy atom. The molecule has 1 heterocycles. The Morgan fingerprint density at radius 1 is 1.26 bits per heavy atom. The van der Waals surface area contributed by atoms with Crippen LogP contribution in [0.5, 0.6) is 11.5 Å². The summed E-state index contributed by atoms with van der Waals surface area (Å²) in [6.45, 7) is 1.56. The first kappa shape index (κ1) is 12.9. The molecule has 0 amide bonds. The quantitative estimate of drug-likeness (QED) is 0.911. The third-order valence-electron chi connectivity index (χ3n) is 2.73. The van der Waals surface area contributed by atoms with E-state index in [0.29, 0.717) is 17.1 Å². The third kappa shape index (κ3) is 2.24. The molecule has 0 atom stereocenters. The van der Waals surface area contributed by atoms with E-state index < -0.39 is 5.97 Å². The minimum absolute atomic E-state index is 0.0484. The molecule has 0 fully saturated rings. The van der Waals surface area contributed by atoms with Gasteiger partial charge in [0.2, 0.25) is 0 Å². The number of aromatic carboxylic acids is 1. The van der Waals surface area contributed by atoms with E-state index in [9.17, 15) is 4.79 Å². The average molecular weight is 263 g/mol. The Morgan fingerprint density at radius 2 is 1.95 bits per heavy atom. The van der Waals surface area contributed by atoms with Gasteiger partial charge in [0.15, 0.2) is 11.5 Å². The molecule has 0 bridgehead atoms. The summed E-state index contributed by atoms with van der Waals surface area (Å²) in [7, 11) is 3.04. The summed E-state index contributed by atoms with van der Waals surface area (Å²) in [5.41, 5.74) is 0.907. The van der Waals surface area contributed by atoms with Gasteiger partial charge >= 0.3 is 5.97 Å². The summed E-state index contributed by atoms with van der Waals surface area (Å²) < 4.78 is 15.2. The van der Waals surface area contributed by atoms with Gasteiger partial charge in [0.25, 0.3) is 0 Å². The second-order valence-corrected chi connectivity index (χ2v) is 3.84. The first-order chi connectivity index (χ1) is 9.08. The van der Waals surface area contributed by atoms with Gasteiger partial charge in [-0.2, -0.15) is 0 Å². The highest BCUT2D eigenvalue weighted by Gasteiger charge is 2.21. The summed E-state index contributed by atoms with van der Waals surface area (Å²) >= 11 is 0. The second kappa shape index (κ2) is 5.01. The Bertz CT molecular complexity index is 617. The molecule has 0 saturated heterocycles. The largest absolute Gasteiger partial charge is 0.493 e. The minimum Gasteiger partial charge on any atom is -0.493 e. The molecule has 6 heteroatoms. The minimum atomic E-state index is -1.08. The van der Waals surface area contributed by atoms with Gasteiger partial charge in [0, 0.05) is 5.56 Å². The molecule has 0 saturated carbocycles. The molecule has 2 aromatic rings. The van der Waals surface area contributed by atoms with Gasteiger partial charge in [-0.05, 0) is 25.1 Å². The van der Waals surface area contributed by atoms with E-state index in [1.165, 1.54) is 14.2 Å². The van der Waals surface area contributed by atoms with Gasteiger partial charge in [-0.3, -0.25) is 0 Å². The number of hydrogen-bond acceptors (Lipinski definition) is 5. The number of methoxy groups -OCH3 is 2. The van der Waals surface area contributed by atoms with Gasteiger partial charge in [0.1, 0.15) is 17.0 Å². The molecule has 1 aromatic carbocycles. The Balaban J connectivity index is 2.57. The number of ether oxygens (including phenoxy) is 2. The molecule has 6 nitrogen and oxygen atoms in total. The zero-order valence-corrected chi connectivity index (χ0v) is 10.8. The van der Waals surface area contributed by atoms with Crippen LogP contribution in [0, 0.1) is 6.92 Å². The first-order valence-electron chi connectivity index (χ1n) is 5.50. The van der Waals surface area contributed by atoms with Crippen molar-refractivity contribution in [1.29, 1.82) is 0 Å². The van der Waals surface area contributed by atoms with Crippen LogP contribution in [0.25, 0.3) is 11.3 Å². The fraction of sp³-hybridized carbons (Fsp3) is 0.231. The smallest absolute Gasteiger partial charge is 0.341 e. The van der Waals surface area contributed by atoms with Crippen LogP contribution in [0.1, 0.15) is 16.1 Å². The van der Waals surface area contributed by atoms with Gasteiger partial charge in [-0.15, -0.1) is 0 Å². The van der Waals surface area contributed by atoms with Crippen molar-refractivity contribution in [3.63, 3.8) is 0 Å². The number of carbonyl (C=O) groups is 1. The van der Waals surface area contributed by atoms with Crippen molar-refractivity contribution in [1.82, 2.24) is 5.16 Å². The Hall–Kier alpha value is -2.50. The molecule has 0 spiro atoms. The van der Waals surface area contributed by atoms with E-state index in [4.69, 9.17) is 19.1 Å². The van der Waals surface area contributed by atoms with Crippen molar-refractivity contribution in [2.24, 2.45) is 0 Å². The van der Waals surface area contributed by atoms with Crippen LogP contribution in [-0.4, -0.2) is 30.5 Å². The summed E-state index contributed by atoms with van der Waals surface area (Å²) in [6, 6.07) is 5.04. The highest BCUT2D eigenvalue weighted by Crippen LogP contribution is 2.33. The summed E-state index contributed by atoms with van der Waals surface area (Å²) in [6.07, 6.45) is 0. The first-order valence-corrected chi connectivity index (χ1v) is 5.50. The lowest BCUT2D eigenvalue weighted by atomic mass is 10.1. The number of aryl methyl sites for hydroxylation is 1. The third-order valence-corrected chi connectivity index (χ3v) is 2.73. The second-order valence-electron chi connectivity index (χ2n) is 3.84. The predicted octanol–water partition coefficient (Wildman–Crippen LogP) is 2.37. The molecule has 0 aliphatic heterocycles. The lowest BCUT2D eigenvalue weighted by Crippen LogP contribution is -1.99. The molecular formula is C13H13NO5. The maximum absolute atomic E-state index is 11.2. The summed E-state index contributed by atoms with van der Waals surface area (Å²) in [4.78, 5) is 11.2. The molecule has 100 valence electrons. The van der Waals surface area contributed by atoms with Gasteiger partial charge < -0.3 is 19.1 Å². The van der Waals surface area contributed by atoms with Crippen LogP contribution in [-0.2, 0) is 0 Å². The van der Waals surface area contributed by atoms with Crippen LogP contribution in [0.3, 0.4) is 0 Å². The number of aromatic nitrogens is 1. The fourth-order valence-electron chi connectivity index (χ4n) is 1.80. The van der Waals surface area contributed by atoms with E-state index in [2.05, 4.69) is 5.16 Å². The molecule has 0 aliphatic rings. The van der Waals surface area contributed by atoms with Crippen molar-refractivity contribution in [3.05, 3.63) is 29.5 Å². The van der Waals surface area contributed by atoms with Crippen LogP contribution in [0.4, 0.5) is 0 Å². The van der Waals surface area contributed by atoms with Gasteiger partial charge in [-0.1, -0.05) is 5.16 Å². The molecular weight excluding hydrogens is 250 g/mol. The SMILES string of the molecule is COc1ccc(-c2noc(C)c2C(=O)O)cc1OC. The van der Waals surface area contributed by atoms with E-state index in [0.717, 1.165) is 0 Å². The van der Waals surface area contributed by atoms with Crippen molar-refractivity contribution < 1.29 is 23.9 Å². The topological polar surface area (TPSA) is 81.8 Å². The van der Waals surface area contributed by atoms with E-state index >= 15 is 0 Å². The van der Waals surface area contributed by atoms with Crippen molar-refractivity contribution in [3.8, 4) is 22.8 Å². The van der Waals surface area contributed by atoms with Gasteiger partial charge in [0.05, 0.1) is 14.2 Å². The number of benzene rings is 1. The lowest BCUT2D eigenvalue weighted by molar-refractivity contribution is 0.0696. The summed E-state index contributed by atoms with van der Waals surface area (Å²) in [5, 5.41) is 13.0. The number of nitrogens with zero attached hydrogens (tertiary/aromatic N) is 1. The van der Waals surface area contributed by atoms with E-state index in [1.807, 2.05) is 0 Å². The van der Waals surface area contributed by atoms with Crippen molar-refractivity contribution in [2.45, 2.75) is 6.92 Å². The molecule has 2 rings (SSSR count). The van der Waals surface area contributed by atoms with Crippen LogP contribution in [0.2, 0.25) is 0 Å². The maximum atomic E-state index is 11.2. The monoisotopic (exact) mass is 263 g/mol.